The van der Waals surface area contributed by atoms with Crippen LogP contribution in [0.25, 0.3) is 0 Å². The summed E-state index contributed by atoms with van der Waals surface area (Å²) in [5, 5.41) is 9.45. The second kappa shape index (κ2) is 3.58. The van der Waals surface area contributed by atoms with E-state index in [1.54, 1.807) is 13.1 Å². The Kier molecular flexibility index (Phi) is 2.42. The molecule has 2 heterocycles. The van der Waals surface area contributed by atoms with Crippen molar-refractivity contribution in [2.45, 2.75) is 26.4 Å². The molecule has 1 aromatic rings. The number of aryl methyl sites for hydroxylation is 1. The molecule has 3 heteroatoms. The van der Waals surface area contributed by atoms with Gasteiger partial charge >= 0.3 is 0 Å². The van der Waals surface area contributed by atoms with Crippen LogP contribution < -0.4 is 4.90 Å². The van der Waals surface area contributed by atoms with Gasteiger partial charge in [0.2, 0.25) is 0 Å². The summed E-state index contributed by atoms with van der Waals surface area (Å²) in [6.45, 7) is 6.02. The van der Waals surface area contributed by atoms with Gasteiger partial charge in [0.1, 0.15) is 5.82 Å². The van der Waals surface area contributed by atoms with Crippen molar-refractivity contribution < 1.29 is 5.11 Å². The molecule has 0 aliphatic carbocycles. The maximum Gasteiger partial charge on any atom is 0.128 e. The maximum atomic E-state index is 9.45. The Bertz CT molecular complexity index is 332. The third-order valence-corrected chi connectivity index (χ3v) is 2.77. The molecule has 1 aromatic heterocycles. The van der Waals surface area contributed by atoms with Gasteiger partial charge in [-0.25, -0.2) is 4.98 Å². The van der Waals surface area contributed by atoms with Crippen molar-refractivity contribution in [1.29, 1.82) is 0 Å². The zero-order chi connectivity index (χ0) is 10.1. The van der Waals surface area contributed by atoms with E-state index in [9.17, 15) is 5.11 Å². The number of aliphatic hydroxyl groups excluding tert-OH is 1. The average molecular weight is 192 g/mol. The fourth-order valence-electron chi connectivity index (χ4n) is 1.71. The molecule has 0 amide bonds. The van der Waals surface area contributed by atoms with E-state index in [-0.39, 0.29) is 0 Å². The molecule has 1 unspecified atom stereocenters. The van der Waals surface area contributed by atoms with Crippen LogP contribution in [-0.4, -0.2) is 23.2 Å². The van der Waals surface area contributed by atoms with Crippen LogP contribution >= 0.6 is 0 Å². The maximum absolute atomic E-state index is 9.45. The molecule has 76 valence electrons. The van der Waals surface area contributed by atoms with E-state index in [0.29, 0.717) is 0 Å². The highest BCUT2D eigenvalue weighted by Crippen LogP contribution is 2.23. The lowest BCUT2D eigenvalue weighted by Crippen LogP contribution is -2.37. The largest absolute Gasteiger partial charge is 0.389 e. The van der Waals surface area contributed by atoms with Gasteiger partial charge in [0.25, 0.3) is 0 Å². The summed E-state index contributed by atoms with van der Waals surface area (Å²) >= 11 is 0. The van der Waals surface area contributed by atoms with E-state index in [2.05, 4.69) is 16.0 Å². The minimum atomic E-state index is -0.423. The number of anilines is 1. The van der Waals surface area contributed by atoms with Crippen LogP contribution in [0.1, 0.15) is 30.6 Å². The van der Waals surface area contributed by atoms with Gasteiger partial charge in [-0.3, -0.25) is 0 Å². The monoisotopic (exact) mass is 192 g/mol. The zero-order valence-corrected chi connectivity index (χ0v) is 8.70. The van der Waals surface area contributed by atoms with Crippen LogP contribution in [0.5, 0.6) is 0 Å². The average Bonchev–Trinajstić information content (AvgIpc) is 2.00. The smallest absolute Gasteiger partial charge is 0.128 e. The van der Waals surface area contributed by atoms with Crippen LogP contribution in [0.3, 0.4) is 0 Å². The molecule has 1 atom stereocenters. The molecule has 14 heavy (non-hydrogen) atoms. The molecule has 0 radical (unpaired) electrons. The fraction of sp³-hybridized carbons (Fsp3) is 0.545. The second-order valence-corrected chi connectivity index (χ2v) is 3.92. The second-order valence-electron chi connectivity index (χ2n) is 3.92. The summed E-state index contributed by atoms with van der Waals surface area (Å²) in [6, 6.07) is 2.06. The van der Waals surface area contributed by atoms with Gasteiger partial charge < -0.3 is 10.0 Å². The van der Waals surface area contributed by atoms with Gasteiger partial charge in [-0.15, -0.1) is 0 Å². The molecular weight excluding hydrogens is 176 g/mol. The highest BCUT2D eigenvalue weighted by molar-refractivity contribution is 5.45. The van der Waals surface area contributed by atoms with E-state index in [4.69, 9.17) is 0 Å². The van der Waals surface area contributed by atoms with Gasteiger partial charge in [-0.1, -0.05) is 0 Å². The summed E-state index contributed by atoms with van der Waals surface area (Å²) in [7, 11) is 0. The van der Waals surface area contributed by atoms with E-state index in [1.807, 2.05) is 6.92 Å². The van der Waals surface area contributed by atoms with Crippen molar-refractivity contribution in [2.75, 3.05) is 18.0 Å². The molecule has 2 rings (SSSR count). The Morgan fingerprint density at radius 2 is 2.21 bits per heavy atom. The lowest BCUT2D eigenvalue weighted by Gasteiger charge is -2.32. The molecule has 1 N–H and O–H groups in total. The van der Waals surface area contributed by atoms with Crippen molar-refractivity contribution in [1.82, 2.24) is 4.98 Å². The predicted octanol–water partition coefficient (Wildman–Crippen LogP) is 1.65. The highest BCUT2D eigenvalue weighted by atomic mass is 16.3. The van der Waals surface area contributed by atoms with Gasteiger partial charge in [0.15, 0.2) is 0 Å². The Labute approximate surface area is 84.4 Å². The standard InChI is InChI=1S/C11H16N2O/c1-8-6-11(13-4-3-5-13)12-7-10(8)9(2)14/h6-7,9,14H,3-5H2,1-2H3. The number of hydrogen-bond donors (Lipinski definition) is 1. The first-order valence-electron chi connectivity index (χ1n) is 5.08. The Balaban J connectivity index is 2.25. The van der Waals surface area contributed by atoms with Crippen LogP contribution in [0.15, 0.2) is 12.3 Å². The Morgan fingerprint density at radius 3 is 2.64 bits per heavy atom. The molecule has 3 nitrogen and oxygen atoms in total. The number of pyridine rings is 1. The van der Waals surface area contributed by atoms with Crippen molar-refractivity contribution in [3.63, 3.8) is 0 Å². The van der Waals surface area contributed by atoms with E-state index in [0.717, 1.165) is 30.0 Å². The van der Waals surface area contributed by atoms with Gasteiger partial charge in [0, 0.05) is 24.8 Å². The summed E-state index contributed by atoms with van der Waals surface area (Å²) in [5.74, 6) is 1.04. The van der Waals surface area contributed by atoms with Crippen molar-refractivity contribution in [2.24, 2.45) is 0 Å². The SMILES string of the molecule is Cc1cc(N2CCC2)ncc1C(C)O. The highest BCUT2D eigenvalue weighted by Gasteiger charge is 2.16. The normalized spacial score (nSPS) is 17.8. The molecule has 1 saturated heterocycles. The molecule has 1 aliphatic heterocycles. The topological polar surface area (TPSA) is 36.4 Å². The summed E-state index contributed by atoms with van der Waals surface area (Å²) in [5.41, 5.74) is 2.05. The zero-order valence-electron chi connectivity index (χ0n) is 8.70. The van der Waals surface area contributed by atoms with Crippen molar-refractivity contribution >= 4 is 5.82 Å². The molecule has 1 fully saturated rings. The molecule has 0 bridgehead atoms. The van der Waals surface area contributed by atoms with Gasteiger partial charge in [-0.05, 0) is 31.9 Å². The quantitative estimate of drug-likeness (QED) is 0.774. The fourth-order valence-corrected chi connectivity index (χ4v) is 1.71. The van der Waals surface area contributed by atoms with Gasteiger partial charge in [0.05, 0.1) is 6.10 Å². The minimum Gasteiger partial charge on any atom is -0.389 e. The number of nitrogens with zero attached hydrogens (tertiary/aromatic N) is 2. The Morgan fingerprint density at radius 1 is 1.50 bits per heavy atom. The van der Waals surface area contributed by atoms with Crippen molar-refractivity contribution in [3.8, 4) is 0 Å². The number of aromatic nitrogens is 1. The van der Waals surface area contributed by atoms with E-state index >= 15 is 0 Å². The first-order chi connectivity index (χ1) is 6.68. The molecule has 0 aromatic carbocycles. The first kappa shape index (κ1) is 9.46. The van der Waals surface area contributed by atoms with E-state index < -0.39 is 6.10 Å². The lowest BCUT2D eigenvalue weighted by atomic mass is 10.1. The van der Waals surface area contributed by atoms with Crippen LogP contribution in [0.2, 0.25) is 0 Å². The van der Waals surface area contributed by atoms with Crippen molar-refractivity contribution in [3.05, 3.63) is 23.4 Å². The molecule has 1 aliphatic rings. The number of rotatable bonds is 2. The lowest BCUT2D eigenvalue weighted by molar-refractivity contribution is 0.198. The van der Waals surface area contributed by atoms with Crippen LogP contribution in [0, 0.1) is 6.92 Å². The number of aliphatic hydroxyl groups is 1. The summed E-state index contributed by atoms with van der Waals surface area (Å²) in [4.78, 5) is 6.60. The predicted molar refractivity (Wildman–Crippen MR) is 56.4 cm³/mol. The number of hydrogen-bond acceptors (Lipinski definition) is 3. The molecule has 0 spiro atoms. The van der Waals surface area contributed by atoms with E-state index in [1.165, 1.54) is 6.42 Å². The molecule has 0 saturated carbocycles. The van der Waals surface area contributed by atoms with Crippen LogP contribution in [-0.2, 0) is 0 Å². The third kappa shape index (κ3) is 1.60. The summed E-state index contributed by atoms with van der Waals surface area (Å²) < 4.78 is 0. The molecular formula is C11H16N2O. The third-order valence-electron chi connectivity index (χ3n) is 2.77. The summed E-state index contributed by atoms with van der Waals surface area (Å²) in [6.07, 6.45) is 2.62. The Hall–Kier alpha value is -1.09. The van der Waals surface area contributed by atoms with Gasteiger partial charge in [-0.2, -0.15) is 0 Å². The van der Waals surface area contributed by atoms with Crippen LogP contribution in [0.4, 0.5) is 5.82 Å². The first-order valence-corrected chi connectivity index (χ1v) is 5.08. The minimum absolute atomic E-state index is 0.423.